The summed E-state index contributed by atoms with van der Waals surface area (Å²) in [4.78, 5) is 11.7. The van der Waals surface area contributed by atoms with Crippen LogP contribution in [0.3, 0.4) is 0 Å². The van der Waals surface area contributed by atoms with E-state index in [1.54, 1.807) is 7.05 Å². The van der Waals surface area contributed by atoms with Crippen LogP contribution in [0.1, 0.15) is 40.0 Å². The van der Waals surface area contributed by atoms with E-state index in [0.717, 1.165) is 18.8 Å². The third-order valence-electron chi connectivity index (χ3n) is 4.35. The fraction of sp³-hybridized carbons (Fsp3) is 0.929. The molecule has 0 aromatic rings. The van der Waals surface area contributed by atoms with Gasteiger partial charge in [-0.15, -0.1) is 0 Å². The maximum atomic E-state index is 11.7. The molecule has 0 aromatic heterocycles. The van der Waals surface area contributed by atoms with E-state index in [1.165, 1.54) is 13.5 Å². The Balaban J connectivity index is 2.46. The normalized spacial score (nSPS) is 31.7. The molecule has 4 atom stereocenters. The quantitative estimate of drug-likeness (QED) is 0.765. The zero-order valence-corrected chi connectivity index (χ0v) is 12.3. The molecular formula is C14H27NO3. The molecule has 0 spiro atoms. The predicted octanol–water partition coefficient (Wildman–Crippen LogP) is 1.98. The Bertz CT molecular complexity index is 282. The van der Waals surface area contributed by atoms with Gasteiger partial charge in [-0.05, 0) is 45.1 Å². The number of carbonyl (C=O) groups excluding carboxylic acids is 1. The number of likely N-dealkylation sites (N-methyl/N-ethyl adjacent to an activating group) is 1. The fourth-order valence-corrected chi connectivity index (χ4v) is 2.39. The van der Waals surface area contributed by atoms with Crippen molar-refractivity contribution in [3.05, 3.63) is 0 Å². The maximum Gasteiger partial charge on any atom is 0.328 e. The second-order valence-electron chi connectivity index (χ2n) is 5.77. The molecular weight excluding hydrogens is 230 g/mol. The van der Waals surface area contributed by atoms with Crippen LogP contribution in [0, 0.1) is 11.8 Å². The Hall–Kier alpha value is -0.610. The summed E-state index contributed by atoms with van der Waals surface area (Å²) >= 11 is 0. The summed E-state index contributed by atoms with van der Waals surface area (Å²) in [6, 6.07) is 0. The van der Waals surface area contributed by atoms with Crippen molar-refractivity contribution >= 4 is 5.97 Å². The Labute approximate surface area is 110 Å². The molecule has 1 aliphatic rings. The number of ether oxygens (including phenoxy) is 2. The topological polar surface area (TPSA) is 47.6 Å². The Morgan fingerprint density at radius 1 is 1.33 bits per heavy atom. The van der Waals surface area contributed by atoms with Gasteiger partial charge in [0.2, 0.25) is 0 Å². The molecule has 1 aliphatic carbocycles. The first-order chi connectivity index (χ1) is 8.42. The van der Waals surface area contributed by atoms with E-state index in [2.05, 4.69) is 19.2 Å². The van der Waals surface area contributed by atoms with Crippen LogP contribution in [0.15, 0.2) is 0 Å². The van der Waals surface area contributed by atoms with E-state index >= 15 is 0 Å². The van der Waals surface area contributed by atoms with Gasteiger partial charge < -0.3 is 14.8 Å². The summed E-state index contributed by atoms with van der Waals surface area (Å²) < 4.78 is 10.7. The third kappa shape index (κ3) is 3.69. The van der Waals surface area contributed by atoms with E-state index in [9.17, 15) is 4.79 Å². The number of methoxy groups -OCH3 is 1. The van der Waals surface area contributed by atoms with Crippen LogP contribution in [0.2, 0.25) is 0 Å². The molecule has 0 bridgehead atoms. The first-order valence-corrected chi connectivity index (χ1v) is 6.82. The lowest BCUT2D eigenvalue weighted by Gasteiger charge is -2.34. The van der Waals surface area contributed by atoms with Crippen molar-refractivity contribution in [3.8, 4) is 0 Å². The lowest BCUT2D eigenvalue weighted by molar-refractivity contribution is -0.152. The Morgan fingerprint density at radius 2 is 2.00 bits per heavy atom. The molecule has 1 rings (SSSR count). The molecule has 0 saturated heterocycles. The summed E-state index contributed by atoms with van der Waals surface area (Å²) in [5.74, 6) is 1.20. The molecule has 4 heteroatoms. The average molecular weight is 257 g/mol. The van der Waals surface area contributed by atoms with Crippen LogP contribution < -0.4 is 5.32 Å². The van der Waals surface area contributed by atoms with Crippen molar-refractivity contribution in [3.63, 3.8) is 0 Å². The molecule has 1 saturated carbocycles. The van der Waals surface area contributed by atoms with Gasteiger partial charge in [0.1, 0.15) is 5.54 Å². The summed E-state index contributed by atoms with van der Waals surface area (Å²) in [7, 11) is 3.16. The van der Waals surface area contributed by atoms with E-state index in [0.29, 0.717) is 12.5 Å². The van der Waals surface area contributed by atoms with Crippen molar-refractivity contribution in [1.82, 2.24) is 5.32 Å². The van der Waals surface area contributed by atoms with Crippen LogP contribution in [0.5, 0.6) is 0 Å². The van der Waals surface area contributed by atoms with E-state index in [4.69, 9.17) is 9.47 Å². The summed E-state index contributed by atoms with van der Waals surface area (Å²) in [6.07, 6.45) is 3.66. The van der Waals surface area contributed by atoms with Gasteiger partial charge in [0.05, 0.1) is 19.8 Å². The van der Waals surface area contributed by atoms with Gasteiger partial charge in [0, 0.05) is 0 Å². The monoisotopic (exact) mass is 257 g/mol. The number of carbonyl (C=O) groups is 1. The van der Waals surface area contributed by atoms with Gasteiger partial charge in [-0.1, -0.05) is 13.8 Å². The lowest BCUT2D eigenvalue weighted by Crippen LogP contribution is -2.52. The maximum absolute atomic E-state index is 11.7. The van der Waals surface area contributed by atoms with Crippen LogP contribution in [0.25, 0.3) is 0 Å². The molecule has 0 heterocycles. The first-order valence-electron chi connectivity index (χ1n) is 6.82. The molecule has 4 unspecified atom stereocenters. The summed E-state index contributed by atoms with van der Waals surface area (Å²) in [5.41, 5.74) is -0.749. The minimum atomic E-state index is -0.749. The standard InChI is InChI=1S/C14H27NO3/c1-10-6-7-12(8-11(10)2)18-9-14(3,15-4)13(16)17-5/h10-12,15H,6-9H2,1-5H3. The molecule has 0 aromatic carbocycles. The minimum Gasteiger partial charge on any atom is -0.468 e. The molecule has 18 heavy (non-hydrogen) atoms. The van der Waals surface area contributed by atoms with Crippen molar-refractivity contribution < 1.29 is 14.3 Å². The van der Waals surface area contributed by atoms with Crippen molar-refractivity contribution in [2.45, 2.75) is 51.7 Å². The van der Waals surface area contributed by atoms with Gasteiger partial charge in [-0.2, -0.15) is 0 Å². The Morgan fingerprint density at radius 3 is 2.50 bits per heavy atom. The summed E-state index contributed by atoms with van der Waals surface area (Å²) in [5, 5.41) is 2.99. The summed E-state index contributed by atoms with van der Waals surface area (Å²) in [6.45, 7) is 6.75. The van der Waals surface area contributed by atoms with Gasteiger partial charge >= 0.3 is 5.97 Å². The number of hydrogen-bond donors (Lipinski definition) is 1. The van der Waals surface area contributed by atoms with Crippen LogP contribution in [-0.2, 0) is 14.3 Å². The van der Waals surface area contributed by atoms with Crippen LogP contribution >= 0.6 is 0 Å². The average Bonchev–Trinajstić information content (AvgIpc) is 2.38. The Kier molecular flexibility index (Phi) is 5.60. The molecule has 4 nitrogen and oxygen atoms in total. The molecule has 0 aliphatic heterocycles. The van der Waals surface area contributed by atoms with E-state index in [-0.39, 0.29) is 12.1 Å². The number of nitrogens with one attached hydrogen (secondary N) is 1. The van der Waals surface area contributed by atoms with E-state index < -0.39 is 5.54 Å². The van der Waals surface area contributed by atoms with Crippen molar-refractivity contribution in [1.29, 1.82) is 0 Å². The minimum absolute atomic E-state index is 0.272. The highest BCUT2D eigenvalue weighted by atomic mass is 16.5. The largest absolute Gasteiger partial charge is 0.468 e. The predicted molar refractivity (Wildman–Crippen MR) is 71.4 cm³/mol. The lowest BCUT2D eigenvalue weighted by atomic mass is 9.80. The smallest absolute Gasteiger partial charge is 0.328 e. The van der Waals surface area contributed by atoms with Gasteiger partial charge in [-0.3, -0.25) is 0 Å². The second-order valence-corrected chi connectivity index (χ2v) is 5.77. The highest BCUT2D eigenvalue weighted by Gasteiger charge is 2.35. The number of hydrogen-bond acceptors (Lipinski definition) is 4. The fourth-order valence-electron chi connectivity index (χ4n) is 2.39. The van der Waals surface area contributed by atoms with Gasteiger partial charge in [0.25, 0.3) is 0 Å². The highest BCUT2D eigenvalue weighted by Crippen LogP contribution is 2.31. The van der Waals surface area contributed by atoms with E-state index in [1.807, 2.05) is 6.92 Å². The number of esters is 1. The van der Waals surface area contributed by atoms with Gasteiger partial charge in [0.15, 0.2) is 0 Å². The third-order valence-corrected chi connectivity index (χ3v) is 4.35. The highest BCUT2D eigenvalue weighted by molar-refractivity contribution is 5.80. The second kappa shape index (κ2) is 6.53. The van der Waals surface area contributed by atoms with Crippen molar-refractivity contribution in [2.75, 3.05) is 20.8 Å². The molecule has 1 N–H and O–H groups in total. The van der Waals surface area contributed by atoms with Crippen molar-refractivity contribution in [2.24, 2.45) is 11.8 Å². The zero-order chi connectivity index (χ0) is 13.8. The van der Waals surface area contributed by atoms with Gasteiger partial charge in [-0.25, -0.2) is 4.79 Å². The van der Waals surface area contributed by atoms with Crippen LogP contribution in [0.4, 0.5) is 0 Å². The zero-order valence-electron chi connectivity index (χ0n) is 12.3. The SMILES string of the molecule is CNC(C)(COC1CCC(C)C(C)C1)C(=O)OC. The molecule has 106 valence electrons. The number of rotatable bonds is 5. The molecule has 0 amide bonds. The molecule has 1 fully saturated rings. The van der Waals surface area contributed by atoms with Crippen LogP contribution in [-0.4, -0.2) is 38.4 Å². The first kappa shape index (κ1) is 15.4. The molecule has 0 radical (unpaired) electrons.